The Morgan fingerprint density at radius 1 is 1.24 bits per heavy atom. The number of ether oxygens (including phenoxy) is 2. The number of carbonyl (C=O) groups excluding carboxylic acids is 1. The van der Waals surface area contributed by atoms with Gasteiger partial charge in [-0.05, 0) is 30.7 Å². The summed E-state index contributed by atoms with van der Waals surface area (Å²) in [5.74, 6) is 0.850. The molecule has 2 atom stereocenters. The molecule has 1 aliphatic heterocycles. The van der Waals surface area contributed by atoms with Crippen molar-refractivity contribution in [3.63, 3.8) is 0 Å². The summed E-state index contributed by atoms with van der Waals surface area (Å²) < 4.78 is 11.3. The fourth-order valence-corrected chi connectivity index (χ4v) is 4.01. The van der Waals surface area contributed by atoms with Crippen LogP contribution in [0.25, 0.3) is 0 Å². The summed E-state index contributed by atoms with van der Waals surface area (Å²) in [5, 5.41) is 12.8. The predicted molar refractivity (Wildman–Crippen MR) is 94.4 cm³/mol. The molecule has 0 aliphatic carbocycles. The number of hydrogen-bond donors (Lipinski definition) is 1. The number of nitrogens with two attached hydrogens (primary N) is 1. The molecule has 5 nitrogen and oxygen atoms in total. The Balaban J connectivity index is 1.69. The smallest absolute Gasteiger partial charge is 0.161 e. The van der Waals surface area contributed by atoms with Gasteiger partial charge in [0.05, 0.1) is 12.9 Å². The molecule has 0 radical (unpaired) electrons. The summed E-state index contributed by atoms with van der Waals surface area (Å²) in [6.07, 6.45) is 0. The van der Waals surface area contributed by atoms with E-state index in [2.05, 4.69) is 19.1 Å². The van der Waals surface area contributed by atoms with Gasteiger partial charge < -0.3 is 24.7 Å². The molecule has 132 valence electrons. The first kappa shape index (κ1) is 17.6. The Morgan fingerprint density at radius 3 is 2.64 bits per heavy atom. The minimum atomic E-state index is -1.01. The number of carboxylic acids is 1. The number of rotatable bonds is 6. The van der Waals surface area contributed by atoms with E-state index in [1.54, 1.807) is 18.9 Å². The molecule has 0 spiro atoms. The molecule has 25 heavy (non-hydrogen) atoms. The molecule has 0 amide bonds. The van der Waals surface area contributed by atoms with E-state index in [1.807, 2.05) is 35.6 Å². The van der Waals surface area contributed by atoms with Crippen LogP contribution >= 0.6 is 11.8 Å². The molecule has 1 heterocycles. The number of quaternary nitrogens is 1. The number of carboxylic acid groups (broad SMARTS) is 1. The van der Waals surface area contributed by atoms with E-state index in [0.717, 1.165) is 11.1 Å². The fraction of sp³-hybridized carbons (Fsp3) is 0.316. The number of methoxy groups -OCH3 is 1. The normalized spacial score (nSPS) is 19.6. The van der Waals surface area contributed by atoms with E-state index >= 15 is 0 Å². The summed E-state index contributed by atoms with van der Waals surface area (Å²) in [6.45, 7) is 2.52. The Hall–Kier alpha value is -2.18. The second-order valence-corrected chi connectivity index (χ2v) is 7.23. The minimum Gasteiger partial charge on any atom is -0.544 e. The first-order valence-corrected chi connectivity index (χ1v) is 9.15. The van der Waals surface area contributed by atoms with Crippen LogP contribution in [0.4, 0.5) is 0 Å². The largest absolute Gasteiger partial charge is 0.544 e. The highest BCUT2D eigenvalue weighted by Crippen LogP contribution is 2.34. The van der Waals surface area contributed by atoms with Crippen LogP contribution in [0.1, 0.15) is 22.1 Å². The molecule has 1 fully saturated rings. The number of thioether (sulfide) groups is 1. The van der Waals surface area contributed by atoms with Crippen molar-refractivity contribution in [2.75, 3.05) is 12.9 Å². The maximum absolute atomic E-state index is 11.0. The van der Waals surface area contributed by atoms with E-state index in [1.165, 1.54) is 5.56 Å². The van der Waals surface area contributed by atoms with Crippen molar-refractivity contribution in [3.8, 4) is 11.5 Å². The lowest BCUT2D eigenvalue weighted by molar-refractivity contribution is -0.690. The van der Waals surface area contributed by atoms with Gasteiger partial charge in [-0.3, -0.25) is 0 Å². The van der Waals surface area contributed by atoms with Crippen molar-refractivity contribution in [2.45, 2.75) is 24.9 Å². The van der Waals surface area contributed by atoms with Crippen LogP contribution in [0.2, 0.25) is 0 Å². The third kappa shape index (κ3) is 4.27. The molecule has 2 aromatic rings. The van der Waals surface area contributed by atoms with E-state index in [0.29, 0.717) is 23.9 Å². The van der Waals surface area contributed by atoms with Crippen molar-refractivity contribution in [1.82, 2.24) is 0 Å². The van der Waals surface area contributed by atoms with Crippen molar-refractivity contribution >= 4 is 17.7 Å². The highest BCUT2D eigenvalue weighted by Gasteiger charge is 2.31. The number of hydrogen-bond acceptors (Lipinski definition) is 5. The van der Waals surface area contributed by atoms with Gasteiger partial charge >= 0.3 is 0 Å². The van der Waals surface area contributed by atoms with Gasteiger partial charge in [-0.2, -0.15) is 0 Å². The van der Waals surface area contributed by atoms with Gasteiger partial charge in [-0.15, -0.1) is 0 Å². The Bertz CT molecular complexity index is 748. The molecule has 1 saturated heterocycles. The second-order valence-electron chi connectivity index (χ2n) is 6.06. The minimum absolute atomic E-state index is 0.0305. The second kappa shape index (κ2) is 7.80. The van der Waals surface area contributed by atoms with Gasteiger partial charge in [0, 0.05) is 5.56 Å². The molecular formula is C19H21NO4S. The summed E-state index contributed by atoms with van der Waals surface area (Å²) >= 11 is 1.60. The SMILES string of the molecule is COc1cc([C@H]2[NH2+][C@H](C(=O)[O-])CS2)ccc1OCc1ccc(C)cc1. The molecule has 6 heteroatoms. The zero-order valence-corrected chi connectivity index (χ0v) is 15.0. The topological polar surface area (TPSA) is 75.2 Å². The van der Waals surface area contributed by atoms with Crippen LogP contribution in [0, 0.1) is 6.92 Å². The van der Waals surface area contributed by atoms with Crippen LogP contribution in [0.3, 0.4) is 0 Å². The summed E-state index contributed by atoms with van der Waals surface area (Å²) in [7, 11) is 1.60. The third-order valence-electron chi connectivity index (χ3n) is 4.20. The first-order valence-electron chi connectivity index (χ1n) is 8.10. The van der Waals surface area contributed by atoms with Gasteiger partial charge in [-0.25, -0.2) is 0 Å². The lowest BCUT2D eigenvalue weighted by atomic mass is 10.1. The van der Waals surface area contributed by atoms with E-state index in [-0.39, 0.29) is 5.37 Å². The van der Waals surface area contributed by atoms with Crippen LogP contribution < -0.4 is 19.9 Å². The lowest BCUT2D eigenvalue weighted by Gasteiger charge is -2.15. The molecule has 0 aromatic heterocycles. The Morgan fingerprint density at radius 2 is 2.00 bits per heavy atom. The van der Waals surface area contributed by atoms with Crippen LogP contribution in [0.15, 0.2) is 42.5 Å². The maximum atomic E-state index is 11.0. The molecule has 2 N–H and O–H groups in total. The van der Waals surface area contributed by atoms with Crippen LogP contribution in [-0.4, -0.2) is 24.9 Å². The zero-order valence-electron chi connectivity index (χ0n) is 14.2. The number of carbonyl (C=O) groups is 1. The summed E-state index contributed by atoms with van der Waals surface area (Å²) in [5.41, 5.74) is 3.31. The molecule has 0 saturated carbocycles. The van der Waals surface area contributed by atoms with Crippen molar-refractivity contribution < 1.29 is 24.7 Å². The summed E-state index contributed by atoms with van der Waals surface area (Å²) in [4.78, 5) is 11.0. The Kier molecular flexibility index (Phi) is 5.50. The Labute approximate surface area is 151 Å². The monoisotopic (exact) mass is 359 g/mol. The quantitative estimate of drug-likeness (QED) is 0.833. The van der Waals surface area contributed by atoms with Gasteiger partial charge in [0.15, 0.2) is 16.9 Å². The van der Waals surface area contributed by atoms with Crippen LogP contribution in [-0.2, 0) is 11.4 Å². The fourth-order valence-electron chi connectivity index (χ4n) is 2.71. The number of benzene rings is 2. The molecular weight excluding hydrogens is 338 g/mol. The molecule has 0 bridgehead atoms. The van der Waals surface area contributed by atoms with E-state index in [9.17, 15) is 9.90 Å². The standard InChI is InChI=1S/C19H21NO4S/c1-12-3-5-13(6-4-12)10-24-16-8-7-14(9-17(16)23-2)18-20-15(11-25-18)19(21)22/h3-9,15,18,20H,10-11H2,1-2H3,(H,21,22)/t15-,18-/m0/s1. The van der Waals surface area contributed by atoms with E-state index < -0.39 is 12.0 Å². The van der Waals surface area contributed by atoms with Crippen molar-refractivity contribution in [3.05, 3.63) is 59.2 Å². The maximum Gasteiger partial charge on any atom is 0.161 e. The number of aliphatic carboxylic acids is 1. The van der Waals surface area contributed by atoms with E-state index in [4.69, 9.17) is 9.47 Å². The average molecular weight is 359 g/mol. The lowest BCUT2D eigenvalue weighted by Crippen LogP contribution is -2.90. The molecule has 2 aromatic carbocycles. The highest BCUT2D eigenvalue weighted by atomic mass is 32.2. The predicted octanol–water partition coefficient (Wildman–Crippen LogP) is 1.01. The van der Waals surface area contributed by atoms with Gasteiger partial charge in [0.1, 0.15) is 18.6 Å². The highest BCUT2D eigenvalue weighted by molar-refractivity contribution is 7.99. The van der Waals surface area contributed by atoms with Crippen molar-refractivity contribution in [2.24, 2.45) is 0 Å². The first-order chi connectivity index (χ1) is 12.1. The van der Waals surface area contributed by atoms with Crippen molar-refractivity contribution in [1.29, 1.82) is 0 Å². The molecule has 1 aliphatic rings. The van der Waals surface area contributed by atoms with Gasteiger partial charge in [0.2, 0.25) is 0 Å². The van der Waals surface area contributed by atoms with Gasteiger partial charge in [-0.1, -0.05) is 41.6 Å². The third-order valence-corrected chi connectivity index (χ3v) is 5.54. The number of aryl methyl sites for hydroxylation is 1. The zero-order chi connectivity index (χ0) is 17.8. The van der Waals surface area contributed by atoms with Crippen LogP contribution in [0.5, 0.6) is 11.5 Å². The molecule has 0 unspecified atom stereocenters. The average Bonchev–Trinajstić information content (AvgIpc) is 3.11. The van der Waals surface area contributed by atoms with Gasteiger partial charge in [0.25, 0.3) is 0 Å². The molecule has 3 rings (SSSR count). The summed E-state index contributed by atoms with van der Waals surface area (Å²) in [6, 6.07) is 13.4.